The van der Waals surface area contributed by atoms with Crippen LogP contribution < -0.4 is 0 Å². The van der Waals surface area contributed by atoms with Gasteiger partial charge in [0.25, 0.3) is 0 Å². The summed E-state index contributed by atoms with van der Waals surface area (Å²) in [7, 11) is 0. The quantitative estimate of drug-likeness (QED) is 0.758. The number of allylic oxidation sites excluding steroid dienone is 2. The largest absolute Gasteiger partial charge is 0.384 e. The minimum absolute atomic E-state index is 0.526. The molecule has 0 aliphatic carbocycles. The molecule has 1 N–H and O–H groups in total. The molecule has 1 heteroatoms. The van der Waals surface area contributed by atoms with Crippen molar-refractivity contribution in [1.29, 1.82) is 0 Å². The van der Waals surface area contributed by atoms with Crippen LogP contribution >= 0.6 is 0 Å². The van der Waals surface area contributed by atoms with E-state index in [1.807, 2.05) is 13.8 Å². The molecule has 1 aromatic carbocycles. The molecule has 19 heavy (non-hydrogen) atoms. The molecule has 0 amide bonds. The number of hydrogen-bond acceptors (Lipinski definition) is 1. The molecule has 0 bridgehead atoms. The second-order valence-corrected chi connectivity index (χ2v) is 5.50. The SMILES string of the molecule is C=C(C)/C(C)=C(\CC)C(O)c1c(C)cc(C)cc1C. The van der Waals surface area contributed by atoms with Crippen LogP contribution in [0, 0.1) is 20.8 Å². The first-order valence-electron chi connectivity index (χ1n) is 6.90. The van der Waals surface area contributed by atoms with Gasteiger partial charge >= 0.3 is 0 Å². The van der Waals surface area contributed by atoms with E-state index in [9.17, 15) is 5.11 Å². The first-order valence-corrected chi connectivity index (χ1v) is 6.90. The zero-order valence-electron chi connectivity index (χ0n) is 13.1. The van der Waals surface area contributed by atoms with Crippen molar-refractivity contribution in [2.75, 3.05) is 0 Å². The lowest BCUT2D eigenvalue weighted by Crippen LogP contribution is -2.08. The van der Waals surface area contributed by atoms with Gasteiger partial charge in [0.15, 0.2) is 0 Å². The Hall–Kier alpha value is -1.34. The molecule has 0 aliphatic rings. The first-order chi connectivity index (χ1) is 8.79. The lowest BCUT2D eigenvalue weighted by Gasteiger charge is -2.22. The smallest absolute Gasteiger partial charge is 0.101 e. The molecule has 104 valence electrons. The molecule has 1 unspecified atom stereocenters. The van der Waals surface area contributed by atoms with Crippen molar-refractivity contribution in [3.05, 3.63) is 57.7 Å². The third-order valence-corrected chi connectivity index (χ3v) is 3.84. The summed E-state index contributed by atoms with van der Waals surface area (Å²) in [6, 6.07) is 4.27. The predicted molar refractivity (Wildman–Crippen MR) is 83.4 cm³/mol. The van der Waals surface area contributed by atoms with Crippen LogP contribution in [0.4, 0.5) is 0 Å². The fourth-order valence-corrected chi connectivity index (χ4v) is 2.73. The van der Waals surface area contributed by atoms with E-state index in [-0.39, 0.29) is 0 Å². The Bertz CT molecular complexity index is 497. The molecule has 0 saturated carbocycles. The molecule has 1 aromatic rings. The fourth-order valence-electron chi connectivity index (χ4n) is 2.73. The highest BCUT2D eigenvalue weighted by Crippen LogP contribution is 2.33. The Labute approximate surface area is 117 Å². The lowest BCUT2D eigenvalue weighted by molar-refractivity contribution is 0.209. The standard InChI is InChI=1S/C18H26O/c1-8-16(15(7)11(2)3)18(19)17-13(5)9-12(4)10-14(17)6/h9-10,18-19H,2,8H2,1,3-7H3/b16-15+. The maximum atomic E-state index is 10.8. The molecule has 0 aliphatic heterocycles. The zero-order valence-corrected chi connectivity index (χ0v) is 13.1. The number of rotatable bonds is 4. The van der Waals surface area contributed by atoms with E-state index in [2.05, 4.69) is 46.4 Å². The van der Waals surface area contributed by atoms with E-state index in [4.69, 9.17) is 0 Å². The van der Waals surface area contributed by atoms with E-state index < -0.39 is 6.10 Å². The van der Waals surface area contributed by atoms with Gasteiger partial charge < -0.3 is 5.11 Å². The molecular formula is C18H26O. The fraction of sp³-hybridized carbons (Fsp3) is 0.444. The van der Waals surface area contributed by atoms with Crippen molar-refractivity contribution in [3.63, 3.8) is 0 Å². The van der Waals surface area contributed by atoms with Gasteiger partial charge in [-0.05, 0) is 68.9 Å². The summed E-state index contributed by atoms with van der Waals surface area (Å²) in [4.78, 5) is 0. The van der Waals surface area contributed by atoms with Crippen LogP contribution in [0.5, 0.6) is 0 Å². The Morgan fingerprint density at radius 2 is 1.63 bits per heavy atom. The van der Waals surface area contributed by atoms with Gasteiger partial charge in [-0.15, -0.1) is 0 Å². The summed E-state index contributed by atoms with van der Waals surface area (Å²) in [6.45, 7) is 16.3. The number of aliphatic hydroxyl groups excluding tert-OH is 1. The van der Waals surface area contributed by atoms with E-state index in [0.717, 1.165) is 39.8 Å². The first kappa shape index (κ1) is 15.7. The van der Waals surface area contributed by atoms with Crippen molar-refractivity contribution in [2.45, 2.75) is 54.1 Å². The van der Waals surface area contributed by atoms with Crippen LogP contribution in [0.1, 0.15) is 55.5 Å². The molecular weight excluding hydrogens is 232 g/mol. The normalized spacial score (nSPS) is 14.1. The highest BCUT2D eigenvalue weighted by Gasteiger charge is 2.19. The molecule has 0 fully saturated rings. The van der Waals surface area contributed by atoms with Crippen LogP contribution in [-0.2, 0) is 0 Å². The number of hydrogen-bond donors (Lipinski definition) is 1. The summed E-state index contributed by atoms with van der Waals surface area (Å²) in [6.07, 6.45) is 0.314. The van der Waals surface area contributed by atoms with Crippen LogP contribution in [0.25, 0.3) is 0 Å². The molecule has 0 aromatic heterocycles. The summed E-state index contributed by atoms with van der Waals surface area (Å²) in [5.74, 6) is 0. The van der Waals surface area contributed by atoms with Gasteiger partial charge in [-0.1, -0.05) is 36.8 Å². The van der Waals surface area contributed by atoms with Gasteiger partial charge in [0.05, 0.1) is 0 Å². The molecule has 1 atom stereocenters. The van der Waals surface area contributed by atoms with Crippen LogP contribution in [0.3, 0.4) is 0 Å². The van der Waals surface area contributed by atoms with Crippen LogP contribution in [0.2, 0.25) is 0 Å². The summed E-state index contributed by atoms with van der Waals surface area (Å²) >= 11 is 0. The molecule has 0 heterocycles. The Kier molecular flexibility index (Phi) is 5.13. The second kappa shape index (κ2) is 6.21. The average Bonchev–Trinajstić information content (AvgIpc) is 2.28. The molecule has 1 nitrogen and oxygen atoms in total. The number of aryl methyl sites for hydroxylation is 3. The van der Waals surface area contributed by atoms with E-state index >= 15 is 0 Å². The van der Waals surface area contributed by atoms with Crippen LogP contribution in [-0.4, -0.2) is 5.11 Å². The maximum Gasteiger partial charge on any atom is 0.101 e. The van der Waals surface area contributed by atoms with E-state index in [1.54, 1.807) is 0 Å². The minimum atomic E-state index is -0.526. The predicted octanol–water partition coefficient (Wildman–Crippen LogP) is 4.95. The molecule has 0 spiro atoms. The van der Waals surface area contributed by atoms with E-state index in [1.165, 1.54) is 5.56 Å². The zero-order chi connectivity index (χ0) is 14.7. The van der Waals surface area contributed by atoms with Gasteiger partial charge in [-0.2, -0.15) is 0 Å². The minimum Gasteiger partial charge on any atom is -0.384 e. The van der Waals surface area contributed by atoms with Crippen molar-refractivity contribution in [1.82, 2.24) is 0 Å². The monoisotopic (exact) mass is 258 g/mol. The van der Waals surface area contributed by atoms with Crippen molar-refractivity contribution < 1.29 is 5.11 Å². The third kappa shape index (κ3) is 3.36. The van der Waals surface area contributed by atoms with Gasteiger partial charge in [0, 0.05) is 0 Å². The van der Waals surface area contributed by atoms with Gasteiger partial charge in [-0.25, -0.2) is 0 Å². The number of aliphatic hydroxyl groups is 1. The second-order valence-electron chi connectivity index (χ2n) is 5.50. The topological polar surface area (TPSA) is 20.2 Å². The summed E-state index contributed by atoms with van der Waals surface area (Å²) < 4.78 is 0. The van der Waals surface area contributed by atoms with Crippen molar-refractivity contribution in [3.8, 4) is 0 Å². The Morgan fingerprint density at radius 3 is 2.00 bits per heavy atom. The van der Waals surface area contributed by atoms with Crippen molar-refractivity contribution in [2.24, 2.45) is 0 Å². The molecule has 1 rings (SSSR count). The van der Waals surface area contributed by atoms with Gasteiger partial charge in [0.2, 0.25) is 0 Å². The molecule has 0 radical (unpaired) electrons. The van der Waals surface area contributed by atoms with Crippen molar-refractivity contribution >= 4 is 0 Å². The van der Waals surface area contributed by atoms with Crippen LogP contribution in [0.15, 0.2) is 35.4 Å². The lowest BCUT2D eigenvalue weighted by atomic mass is 9.87. The highest BCUT2D eigenvalue weighted by atomic mass is 16.3. The van der Waals surface area contributed by atoms with Gasteiger partial charge in [-0.3, -0.25) is 0 Å². The summed E-state index contributed by atoms with van der Waals surface area (Å²) in [5.41, 5.74) is 7.82. The van der Waals surface area contributed by atoms with Gasteiger partial charge in [0.1, 0.15) is 6.10 Å². The maximum absolute atomic E-state index is 10.8. The molecule has 0 saturated heterocycles. The summed E-state index contributed by atoms with van der Waals surface area (Å²) in [5, 5.41) is 10.8. The average molecular weight is 258 g/mol. The third-order valence-electron chi connectivity index (χ3n) is 3.84. The Balaban J connectivity index is 3.38. The highest BCUT2D eigenvalue weighted by molar-refractivity contribution is 5.44. The Morgan fingerprint density at radius 1 is 1.16 bits per heavy atom. The number of benzene rings is 1. The van der Waals surface area contributed by atoms with E-state index in [0.29, 0.717) is 0 Å².